The molecule has 82 valence electrons. The molecule has 0 radical (unpaired) electrons. The highest BCUT2D eigenvalue weighted by molar-refractivity contribution is 5.37. The standard InChI is InChI=1S/C7H12O7/c8-1-3-4(10)5(11)6(12)7(14-3)13-2-9/h2-8,10-12H,1H2/t3-,4-,5+,6-,7+/m1/s1. The van der Waals surface area contributed by atoms with Gasteiger partial charge in [-0.1, -0.05) is 0 Å². The summed E-state index contributed by atoms with van der Waals surface area (Å²) in [6.07, 6.45) is -6.92. The number of hydrogen-bond acceptors (Lipinski definition) is 7. The summed E-state index contributed by atoms with van der Waals surface area (Å²) < 4.78 is 9.12. The van der Waals surface area contributed by atoms with Crippen molar-refractivity contribution in [2.45, 2.75) is 30.7 Å². The zero-order chi connectivity index (χ0) is 10.7. The third-order valence-electron chi connectivity index (χ3n) is 2.04. The molecule has 1 aliphatic heterocycles. The fourth-order valence-corrected chi connectivity index (χ4v) is 1.23. The number of carbonyl (C=O) groups excluding carboxylic acids is 1. The second kappa shape index (κ2) is 4.67. The number of aliphatic hydroxyl groups excluding tert-OH is 4. The maximum absolute atomic E-state index is 9.98. The Bertz CT molecular complexity index is 194. The van der Waals surface area contributed by atoms with Gasteiger partial charge < -0.3 is 29.9 Å². The largest absolute Gasteiger partial charge is 0.435 e. The summed E-state index contributed by atoms with van der Waals surface area (Å²) in [4.78, 5) is 9.98. The van der Waals surface area contributed by atoms with Crippen molar-refractivity contribution in [2.24, 2.45) is 0 Å². The van der Waals surface area contributed by atoms with Crippen LogP contribution in [0.1, 0.15) is 0 Å². The number of rotatable bonds is 3. The summed E-state index contributed by atoms with van der Waals surface area (Å²) in [6.45, 7) is -0.504. The lowest BCUT2D eigenvalue weighted by Crippen LogP contribution is -2.59. The zero-order valence-electron chi connectivity index (χ0n) is 7.18. The molecule has 1 fully saturated rings. The van der Waals surface area contributed by atoms with Crippen LogP contribution in [0, 0.1) is 0 Å². The molecule has 1 aliphatic rings. The molecule has 0 bridgehead atoms. The van der Waals surface area contributed by atoms with Gasteiger partial charge in [-0.2, -0.15) is 0 Å². The quantitative estimate of drug-likeness (QED) is 0.364. The smallest absolute Gasteiger partial charge is 0.295 e. The van der Waals surface area contributed by atoms with Crippen LogP contribution in [0.3, 0.4) is 0 Å². The maximum Gasteiger partial charge on any atom is 0.295 e. The molecule has 7 nitrogen and oxygen atoms in total. The molecule has 0 spiro atoms. The molecule has 0 unspecified atom stereocenters. The van der Waals surface area contributed by atoms with E-state index in [2.05, 4.69) is 4.74 Å². The first-order valence-electron chi connectivity index (χ1n) is 4.01. The van der Waals surface area contributed by atoms with Crippen LogP contribution in [0.5, 0.6) is 0 Å². The molecule has 0 aromatic rings. The van der Waals surface area contributed by atoms with Gasteiger partial charge in [-0.15, -0.1) is 0 Å². The minimum absolute atomic E-state index is 0.0484. The van der Waals surface area contributed by atoms with E-state index in [0.717, 1.165) is 0 Å². The van der Waals surface area contributed by atoms with Gasteiger partial charge in [-0.3, -0.25) is 4.79 Å². The van der Waals surface area contributed by atoms with E-state index in [-0.39, 0.29) is 6.47 Å². The molecule has 1 heterocycles. The van der Waals surface area contributed by atoms with Crippen molar-refractivity contribution < 1.29 is 34.7 Å². The van der Waals surface area contributed by atoms with Crippen molar-refractivity contribution in [1.29, 1.82) is 0 Å². The minimum atomic E-state index is -1.53. The lowest BCUT2D eigenvalue weighted by molar-refractivity contribution is -0.288. The highest BCUT2D eigenvalue weighted by Gasteiger charge is 2.44. The number of ether oxygens (including phenoxy) is 2. The second-order valence-electron chi connectivity index (χ2n) is 2.93. The molecule has 0 aromatic heterocycles. The van der Waals surface area contributed by atoms with Crippen LogP contribution >= 0.6 is 0 Å². The normalized spacial score (nSPS) is 43.3. The summed E-state index contributed by atoms with van der Waals surface area (Å²) in [5.41, 5.74) is 0. The Balaban J connectivity index is 2.67. The van der Waals surface area contributed by atoms with Gasteiger partial charge in [0, 0.05) is 0 Å². The van der Waals surface area contributed by atoms with E-state index in [1.54, 1.807) is 0 Å². The van der Waals surface area contributed by atoms with E-state index < -0.39 is 37.3 Å². The molecular formula is C7H12O7. The molecule has 14 heavy (non-hydrogen) atoms. The number of aliphatic hydroxyl groups is 4. The Morgan fingerprint density at radius 1 is 1.21 bits per heavy atom. The van der Waals surface area contributed by atoms with E-state index in [4.69, 9.17) is 9.84 Å². The van der Waals surface area contributed by atoms with Crippen LogP contribution < -0.4 is 0 Å². The average molecular weight is 208 g/mol. The fourth-order valence-electron chi connectivity index (χ4n) is 1.23. The van der Waals surface area contributed by atoms with Crippen molar-refractivity contribution in [3.05, 3.63) is 0 Å². The van der Waals surface area contributed by atoms with E-state index in [1.807, 2.05) is 0 Å². The Labute approximate surface area is 79.5 Å². The molecule has 7 heteroatoms. The summed E-state index contributed by atoms with van der Waals surface area (Å²) in [5.74, 6) is 0. The molecule has 0 saturated carbocycles. The fraction of sp³-hybridized carbons (Fsp3) is 0.857. The van der Waals surface area contributed by atoms with Crippen LogP contribution in [0.2, 0.25) is 0 Å². The Kier molecular flexibility index (Phi) is 3.78. The highest BCUT2D eigenvalue weighted by atomic mass is 16.7. The topological polar surface area (TPSA) is 116 Å². The van der Waals surface area contributed by atoms with Crippen LogP contribution in [0.4, 0.5) is 0 Å². The van der Waals surface area contributed by atoms with Crippen molar-refractivity contribution in [3.8, 4) is 0 Å². The van der Waals surface area contributed by atoms with Gasteiger partial charge in [0.25, 0.3) is 6.47 Å². The first kappa shape index (κ1) is 11.3. The van der Waals surface area contributed by atoms with Gasteiger partial charge in [0.05, 0.1) is 6.61 Å². The molecule has 0 aliphatic carbocycles. The molecule has 1 saturated heterocycles. The molecule has 1 rings (SSSR count). The molecule has 0 amide bonds. The summed E-state index contributed by atoms with van der Waals surface area (Å²) in [7, 11) is 0. The van der Waals surface area contributed by atoms with Crippen molar-refractivity contribution in [2.75, 3.05) is 6.61 Å². The molecule has 5 atom stereocenters. The SMILES string of the molecule is O=CO[C@H]1O[C@H](CO)[C@@H](O)[C@H](O)[C@H]1O. The molecule has 0 aromatic carbocycles. The first-order valence-corrected chi connectivity index (χ1v) is 4.01. The summed E-state index contributed by atoms with van der Waals surface area (Å²) in [6, 6.07) is 0. The van der Waals surface area contributed by atoms with E-state index >= 15 is 0 Å². The van der Waals surface area contributed by atoms with Crippen LogP contribution in [0.25, 0.3) is 0 Å². The summed E-state index contributed by atoms with van der Waals surface area (Å²) >= 11 is 0. The molecular weight excluding hydrogens is 196 g/mol. The van der Waals surface area contributed by atoms with Crippen molar-refractivity contribution in [1.82, 2.24) is 0 Å². The summed E-state index contributed by atoms with van der Waals surface area (Å²) in [5, 5.41) is 36.5. The van der Waals surface area contributed by atoms with Gasteiger partial charge in [0.2, 0.25) is 6.29 Å². The predicted octanol–water partition coefficient (Wildman–Crippen LogP) is -3.04. The maximum atomic E-state index is 9.98. The van der Waals surface area contributed by atoms with Crippen LogP contribution in [-0.4, -0.2) is 64.2 Å². The lowest BCUT2D eigenvalue weighted by Gasteiger charge is -2.38. The minimum Gasteiger partial charge on any atom is -0.435 e. The van der Waals surface area contributed by atoms with E-state index in [1.165, 1.54) is 0 Å². The predicted molar refractivity (Wildman–Crippen MR) is 40.9 cm³/mol. The third-order valence-corrected chi connectivity index (χ3v) is 2.04. The van der Waals surface area contributed by atoms with Gasteiger partial charge in [0.15, 0.2) is 0 Å². The van der Waals surface area contributed by atoms with Gasteiger partial charge in [0.1, 0.15) is 24.4 Å². The van der Waals surface area contributed by atoms with Crippen molar-refractivity contribution >= 4 is 6.47 Å². The van der Waals surface area contributed by atoms with E-state index in [9.17, 15) is 20.1 Å². The lowest BCUT2D eigenvalue weighted by atomic mass is 9.99. The number of hydrogen-bond donors (Lipinski definition) is 4. The monoisotopic (exact) mass is 208 g/mol. The Morgan fingerprint density at radius 2 is 1.86 bits per heavy atom. The third kappa shape index (κ3) is 2.02. The Morgan fingerprint density at radius 3 is 2.36 bits per heavy atom. The Hall–Kier alpha value is -0.730. The zero-order valence-corrected chi connectivity index (χ0v) is 7.18. The molecule has 4 N–H and O–H groups in total. The average Bonchev–Trinajstić information content (AvgIpc) is 2.19. The van der Waals surface area contributed by atoms with Crippen LogP contribution in [0.15, 0.2) is 0 Å². The highest BCUT2D eigenvalue weighted by Crippen LogP contribution is 2.21. The van der Waals surface area contributed by atoms with E-state index in [0.29, 0.717) is 0 Å². The second-order valence-corrected chi connectivity index (χ2v) is 2.93. The van der Waals surface area contributed by atoms with Gasteiger partial charge >= 0.3 is 0 Å². The number of carbonyl (C=O) groups is 1. The van der Waals surface area contributed by atoms with Crippen molar-refractivity contribution in [3.63, 3.8) is 0 Å². The van der Waals surface area contributed by atoms with Crippen LogP contribution in [-0.2, 0) is 14.3 Å². The first-order chi connectivity index (χ1) is 6.61. The van der Waals surface area contributed by atoms with Gasteiger partial charge in [-0.05, 0) is 0 Å². The van der Waals surface area contributed by atoms with Gasteiger partial charge in [-0.25, -0.2) is 0 Å².